The Bertz CT molecular complexity index is 677. The lowest BCUT2D eigenvalue weighted by molar-refractivity contribution is 0.0726. The Morgan fingerprint density at radius 3 is 2.45 bits per heavy atom. The molecule has 0 spiro atoms. The third-order valence-corrected chi connectivity index (χ3v) is 4.62. The molecular weight excluding hydrogens is 272 g/mol. The fourth-order valence-corrected chi connectivity index (χ4v) is 2.83. The van der Waals surface area contributed by atoms with Gasteiger partial charge in [0.05, 0.1) is 17.0 Å². The predicted molar refractivity (Wildman–Crippen MR) is 88.7 cm³/mol. The second-order valence-corrected chi connectivity index (χ2v) is 6.19. The summed E-state index contributed by atoms with van der Waals surface area (Å²) in [6.45, 7) is 4.05. The zero-order chi connectivity index (χ0) is 15.7. The van der Waals surface area contributed by atoms with Gasteiger partial charge in [-0.2, -0.15) is 0 Å². The SMILES string of the molecule is Cc1nc(-c2ccccc2)ccc1C(=O)N(C)C(C)C1CC1. The number of hydrogen-bond donors (Lipinski definition) is 0. The van der Waals surface area contributed by atoms with Crippen molar-refractivity contribution in [3.05, 3.63) is 53.7 Å². The van der Waals surface area contributed by atoms with Crippen LogP contribution >= 0.6 is 0 Å². The van der Waals surface area contributed by atoms with Gasteiger partial charge in [0.25, 0.3) is 5.91 Å². The third-order valence-electron chi connectivity index (χ3n) is 4.62. The fourth-order valence-electron chi connectivity index (χ4n) is 2.83. The van der Waals surface area contributed by atoms with E-state index in [1.54, 1.807) is 0 Å². The van der Waals surface area contributed by atoms with Gasteiger partial charge in [-0.15, -0.1) is 0 Å². The van der Waals surface area contributed by atoms with Crippen molar-refractivity contribution in [3.8, 4) is 11.3 Å². The van der Waals surface area contributed by atoms with Crippen LogP contribution in [0.1, 0.15) is 35.8 Å². The molecule has 1 aromatic carbocycles. The van der Waals surface area contributed by atoms with E-state index >= 15 is 0 Å². The molecule has 1 aliphatic rings. The number of amides is 1. The normalized spacial score (nSPS) is 15.4. The maximum absolute atomic E-state index is 12.7. The van der Waals surface area contributed by atoms with Gasteiger partial charge in [-0.25, -0.2) is 0 Å². The first-order valence-electron chi connectivity index (χ1n) is 7.88. The van der Waals surface area contributed by atoms with Crippen molar-refractivity contribution in [2.24, 2.45) is 5.92 Å². The number of nitrogens with zero attached hydrogens (tertiary/aromatic N) is 2. The van der Waals surface area contributed by atoms with Crippen molar-refractivity contribution >= 4 is 5.91 Å². The molecule has 3 heteroatoms. The van der Waals surface area contributed by atoms with E-state index in [-0.39, 0.29) is 5.91 Å². The average molecular weight is 294 g/mol. The van der Waals surface area contributed by atoms with Crippen LogP contribution in [0.2, 0.25) is 0 Å². The molecule has 22 heavy (non-hydrogen) atoms. The number of carbonyl (C=O) groups excluding carboxylic acids is 1. The zero-order valence-electron chi connectivity index (χ0n) is 13.4. The summed E-state index contributed by atoms with van der Waals surface area (Å²) in [5, 5.41) is 0. The number of aryl methyl sites for hydroxylation is 1. The number of carbonyl (C=O) groups is 1. The minimum absolute atomic E-state index is 0.0732. The zero-order valence-corrected chi connectivity index (χ0v) is 13.4. The summed E-state index contributed by atoms with van der Waals surface area (Å²) in [6.07, 6.45) is 2.48. The van der Waals surface area contributed by atoms with Gasteiger partial charge in [0, 0.05) is 18.7 Å². The van der Waals surface area contributed by atoms with Gasteiger partial charge in [0.15, 0.2) is 0 Å². The van der Waals surface area contributed by atoms with E-state index in [9.17, 15) is 4.79 Å². The molecule has 1 unspecified atom stereocenters. The Balaban J connectivity index is 1.84. The maximum atomic E-state index is 12.7. The van der Waals surface area contributed by atoms with E-state index in [1.165, 1.54) is 12.8 Å². The Kier molecular flexibility index (Phi) is 3.97. The Morgan fingerprint density at radius 2 is 1.86 bits per heavy atom. The van der Waals surface area contributed by atoms with Crippen LogP contribution in [0.3, 0.4) is 0 Å². The van der Waals surface area contributed by atoms with Gasteiger partial charge in [-0.05, 0) is 44.7 Å². The molecule has 1 heterocycles. The van der Waals surface area contributed by atoms with Gasteiger partial charge in [-0.3, -0.25) is 9.78 Å². The van der Waals surface area contributed by atoms with Crippen LogP contribution < -0.4 is 0 Å². The van der Waals surface area contributed by atoms with E-state index in [4.69, 9.17) is 0 Å². The minimum Gasteiger partial charge on any atom is -0.339 e. The summed E-state index contributed by atoms with van der Waals surface area (Å²) in [5.41, 5.74) is 3.48. The molecule has 114 valence electrons. The van der Waals surface area contributed by atoms with Crippen LogP contribution in [0.5, 0.6) is 0 Å². The highest BCUT2D eigenvalue weighted by Crippen LogP contribution is 2.35. The molecular formula is C19H22N2O. The molecule has 3 nitrogen and oxygen atoms in total. The molecule has 0 saturated heterocycles. The monoisotopic (exact) mass is 294 g/mol. The second kappa shape index (κ2) is 5.91. The first kappa shape index (κ1) is 14.8. The lowest BCUT2D eigenvalue weighted by Crippen LogP contribution is -2.36. The minimum atomic E-state index is 0.0732. The molecule has 3 rings (SSSR count). The molecule has 1 atom stereocenters. The van der Waals surface area contributed by atoms with Gasteiger partial charge in [-0.1, -0.05) is 30.3 Å². The highest BCUT2D eigenvalue weighted by atomic mass is 16.2. The molecule has 1 aliphatic carbocycles. The van der Waals surface area contributed by atoms with Crippen LogP contribution in [0.15, 0.2) is 42.5 Å². The smallest absolute Gasteiger partial charge is 0.255 e. The molecule has 0 aliphatic heterocycles. The summed E-state index contributed by atoms with van der Waals surface area (Å²) in [7, 11) is 1.90. The summed E-state index contributed by atoms with van der Waals surface area (Å²) in [5.74, 6) is 0.745. The van der Waals surface area contributed by atoms with E-state index in [0.717, 1.165) is 17.0 Å². The summed E-state index contributed by atoms with van der Waals surface area (Å²) >= 11 is 0. The first-order valence-corrected chi connectivity index (χ1v) is 7.88. The average Bonchev–Trinajstić information content (AvgIpc) is 3.38. The van der Waals surface area contributed by atoms with Crippen LogP contribution in [0.4, 0.5) is 0 Å². The Morgan fingerprint density at radius 1 is 1.18 bits per heavy atom. The number of rotatable bonds is 4. The molecule has 0 N–H and O–H groups in total. The summed E-state index contributed by atoms with van der Waals surface area (Å²) in [6, 6.07) is 14.2. The van der Waals surface area contributed by atoms with E-state index in [0.29, 0.717) is 17.5 Å². The molecule has 1 saturated carbocycles. The van der Waals surface area contributed by atoms with Crippen LogP contribution in [0, 0.1) is 12.8 Å². The van der Waals surface area contributed by atoms with Crippen molar-refractivity contribution in [2.75, 3.05) is 7.05 Å². The Hall–Kier alpha value is -2.16. The first-order chi connectivity index (χ1) is 10.6. The van der Waals surface area contributed by atoms with Gasteiger partial charge in [0.2, 0.25) is 0 Å². The Labute approximate surface area is 132 Å². The standard InChI is InChI=1S/C19H22N2O/c1-13-17(19(22)21(3)14(2)15-9-10-15)11-12-18(20-13)16-7-5-4-6-8-16/h4-8,11-12,14-15H,9-10H2,1-3H3. The van der Waals surface area contributed by atoms with Crippen molar-refractivity contribution in [2.45, 2.75) is 32.7 Å². The molecule has 0 radical (unpaired) electrons. The molecule has 2 aromatic rings. The largest absolute Gasteiger partial charge is 0.339 e. The highest BCUT2D eigenvalue weighted by molar-refractivity contribution is 5.95. The fraction of sp³-hybridized carbons (Fsp3) is 0.368. The molecule has 1 aromatic heterocycles. The van der Waals surface area contributed by atoms with Crippen LogP contribution in [-0.2, 0) is 0 Å². The van der Waals surface area contributed by atoms with Crippen molar-refractivity contribution in [1.82, 2.24) is 9.88 Å². The number of benzene rings is 1. The van der Waals surface area contributed by atoms with E-state index in [1.807, 2.05) is 61.3 Å². The number of hydrogen-bond acceptors (Lipinski definition) is 2. The number of pyridine rings is 1. The van der Waals surface area contributed by atoms with Crippen LogP contribution in [-0.4, -0.2) is 28.9 Å². The molecule has 0 bridgehead atoms. The highest BCUT2D eigenvalue weighted by Gasteiger charge is 2.33. The second-order valence-electron chi connectivity index (χ2n) is 6.19. The van der Waals surface area contributed by atoms with Crippen LogP contribution in [0.25, 0.3) is 11.3 Å². The van der Waals surface area contributed by atoms with Crippen molar-refractivity contribution < 1.29 is 4.79 Å². The molecule has 1 amide bonds. The van der Waals surface area contributed by atoms with Crippen molar-refractivity contribution in [1.29, 1.82) is 0 Å². The number of aromatic nitrogens is 1. The topological polar surface area (TPSA) is 33.2 Å². The van der Waals surface area contributed by atoms with Crippen molar-refractivity contribution in [3.63, 3.8) is 0 Å². The maximum Gasteiger partial charge on any atom is 0.255 e. The summed E-state index contributed by atoms with van der Waals surface area (Å²) in [4.78, 5) is 19.2. The lowest BCUT2D eigenvalue weighted by atomic mass is 10.1. The summed E-state index contributed by atoms with van der Waals surface area (Å²) < 4.78 is 0. The quantitative estimate of drug-likeness (QED) is 0.856. The van der Waals surface area contributed by atoms with E-state index in [2.05, 4.69) is 11.9 Å². The van der Waals surface area contributed by atoms with Gasteiger partial charge >= 0.3 is 0 Å². The van der Waals surface area contributed by atoms with Gasteiger partial charge < -0.3 is 4.90 Å². The van der Waals surface area contributed by atoms with E-state index < -0.39 is 0 Å². The predicted octanol–water partition coefficient (Wildman–Crippen LogP) is 3.93. The lowest BCUT2D eigenvalue weighted by Gasteiger charge is -2.25. The molecule has 1 fully saturated rings. The third kappa shape index (κ3) is 2.89. The van der Waals surface area contributed by atoms with Gasteiger partial charge in [0.1, 0.15) is 0 Å².